The van der Waals surface area contributed by atoms with Crippen LogP contribution < -0.4 is 5.32 Å². The Morgan fingerprint density at radius 3 is 2.88 bits per heavy atom. The van der Waals surface area contributed by atoms with Crippen LogP contribution in [0.25, 0.3) is 0 Å². The van der Waals surface area contributed by atoms with Crippen molar-refractivity contribution in [1.82, 2.24) is 5.32 Å². The van der Waals surface area contributed by atoms with Crippen molar-refractivity contribution in [1.29, 1.82) is 0 Å². The normalized spacial score (nSPS) is 25.6. The zero-order valence-corrected chi connectivity index (χ0v) is 10.8. The van der Waals surface area contributed by atoms with Crippen molar-refractivity contribution in [2.45, 2.75) is 18.6 Å². The Hall–Kier alpha value is -0.320. The predicted octanol–water partition coefficient (Wildman–Crippen LogP) is 2.41. The first kappa shape index (κ1) is 13.1. The van der Waals surface area contributed by atoms with E-state index in [1.807, 2.05) is 6.07 Å². The van der Waals surface area contributed by atoms with Crippen LogP contribution in [-0.2, 0) is 4.74 Å². The third-order valence-electron chi connectivity index (χ3n) is 2.86. The Morgan fingerprint density at radius 1 is 1.35 bits per heavy atom. The molecular formula is C12H15Cl2NO2. The van der Waals surface area contributed by atoms with Gasteiger partial charge in [-0.2, -0.15) is 0 Å². The Kier molecular flexibility index (Phi) is 4.65. The van der Waals surface area contributed by atoms with Gasteiger partial charge in [0.1, 0.15) is 6.10 Å². The molecule has 2 atom stereocenters. The van der Waals surface area contributed by atoms with E-state index in [0.29, 0.717) is 16.7 Å². The zero-order chi connectivity index (χ0) is 12.3. The maximum atomic E-state index is 9.37. The highest BCUT2D eigenvalue weighted by Gasteiger charge is 2.25. The molecule has 1 aliphatic heterocycles. The largest absolute Gasteiger partial charge is 0.395 e. The molecule has 0 spiro atoms. The minimum atomic E-state index is -0.183. The van der Waals surface area contributed by atoms with Crippen LogP contribution in [0.5, 0.6) is 0 Å². The quantitative estimate of drug-likeness (QED) is 0.871. The number of benzene rings is 1. The molecule has 1 aromatic carbocycles. The van der Waals surface area contributed by atoms with Gasteiger partial charge >= 0.3 is 0 Å². The standard InChI is InChI=1S/C12H15Cl2NO2/c13-9-3-2-8(6-10(9)14)12-11(7-16)15-4-1-5-17-12/h2-3,6,11-12,15-16H,1,4-5,7H2/t11-,12-/m1/s1. The van der Waals surface area contributed by atoms with Gasteiger partial charge in [0, 0.05) is 6.61 Å². The van der Waals surface area contributed by atoms with E-state index in [1.165, 1.54) is 0 Å². The number of hydrogen-bond acceptors (Lipinski definition) is 3. The molecule has 0 bridgehead atoms. The third-order valence-corrected chi connectivity index (χ3v) is 3.60. The number of nitrogens with one attached hydrogen (secondary N) is 1. The van der Waals surface area contributed by atoms with E-state index in [0.717, 1.165) is 18.5 Å². The Morgan fingerprint density at radius 2 is 2.18 bits per heavy atom. The summed E-state index contributed by atoms with van der Waals surface area (Å²) < 4.78 is 5.76. The molecule has 5 heteroatoms. The molecule has 94 valence electrons. The van der Waals surface area contributed by atoms with Gasteiger partial charge in [-0.1, -0.05) is 29.3 Å². The number of ether oxygens (including phenoxy) is 1. The fraction of sp³-hybridized carbons (Fsp3) is 0.500. The van der Waals surface area contributed by atoms with Gasteiger partial charge in [0.15, 0.2) is 0 Å². The van der Waals surface area contributed by atoms with Gasteiger partial charge in [0.25, 0.3) is 0 Å². The van der Waals surface area contributed by atoms with Crippen LogP contribution in [0, 0.1) is 0 Å². The van der Waals surface area contributed by atoms with E-state index in [9.17, 15) is 5.11 Å². The highest BCUT2D eigenvalue weighted by molar-refractivity contribution is 6.42. The Balaban J connectivity index is 2.25. The van der Waals surface area contributed by atoms with Crippen LogP contribution in [0.4, 0.5) is 0 Å². The van der Waals surface area contributed by atoms with E-state index in [4.69, 9.17) is 27.9 Å². The lowest BCUT2D eigenvalue weighted by Crippen LogP contribution is -2.37. The number of aliphatic hydroxyl groups excluding tert-OH is 1. The summed E-state index contributed by atoms with van der Waals surface area (Å²) in [6, 6.07) is 5.33. The van der Waals surface area contributed by atoms with Gasteiger partial charge in [-0.25, -0.2) is 0 Å². The minimum absolute atomic E-state index is 0.0327. The lowest BCUT2D eigenvalue weighted by atomic mass is 10.0. The molecule has 1 heterocycles. The van der Waals surface area contributed by atoms with Gasteiger partial charge in [0.05, 0.1) is 22.7 Å². The first-order chi connectivity index (χ1) is 8.22. The first-order valence-electron chi connectivity index (χ1n) is 5.63. The van der Waals surface area contributed by atoms with Crippen molar-refractivity contribution in [3.63, 3.8) is 0 Å². The summed E-state index contributed by atoms with van der Waals surface area (Å²) in [6.45, 7) is 1.56. The highest BCUT2D eigenvalue weighted by Crippen LogP contribution is 2.29. The molecule has 17 heavy (non-hydrogen) atoms. The Bertz CT molecular complexity index is 387. The van der Waals surface area contributed by atoms with Crippen molar-refractivity contribution in [2.75, 3.05) is 19.8 Å². The van der Waals surface area contributed by atoms with E-state index in [2.05, 4.69) is 5.32 Å². The van der Waals surface area contributed by atoms with Gasteiger partial charge in [-0.3, -0.25) is 0 Å². The van der Waals surface area contributed by atoms with Crippen molar-refractivity contribution < 1.29 is 9.84 Å². The van der Waals surface area contributed by atoms with Crippen molar-refractivity contribution in [3.8, 4) is 0 Å². The molecule has 0 aromatic heterocycles. The number of rotatable bonds is 2. The molecule has 1 saturated heterocycles. The van der Waals surface area contributed by atoms with Crippen LogP contribution >= 0.6 is 23.2 Å². The van der Waals surface area contributed by atoms with Gasteiger partial charge in [-0.15, -0.1) is 0 Å². The lowest BCUT2D eigenvalue weighted by molar-refractivity contribution is 0.0262. The maximum Gasteiger partial charge on any atom is 0.100 e. The molecule has 0 saturated carbocycles. The molecule has 1 aliphatic rings. The second-order valence-corrected chi connectivity index (χ2v) is 4.88. The summed E-state index contributed by atoms with van der Waals surface area (Å²) in [5, 5.41) is 13.7. The third kappa shape index (κ3) is 3.12. The second-order valence-electron chi connectivity index (χ2n) is 4.06. The average molecular weight is 276 g/mol. The fourth-order valence-corrected chi connectivity index (χ4v) is 2.28. The van der Waals surface area contributed by atoms with Crippen LogP contribution in [0.2, 0.25) is 10.0 Å². The molecule has 2 N–H and O–H groups in total. The van der Waals surface area contributed by atoms with E-state index in [-0.39, 0.29) is 18.8 Å². The predicted molar refractivity (Wildman–Crippen MR) is 68.6 cm³/mol. The summed E-state index contributed by atoms with van der Waals surface area (Å²) in [7, 11) is 0. The summed E-state index contributed by atoms with van der Waals surface area (Å²) >= 11 is 11.9. The second kappa shape index (κ2) is 6.03. The van der Waals surface area contributed by atoms with Gasteiger partial charge < -0.3 is 15.2 Å². The minimum Gasteiger partial charge on any atom is -0.395 e. The molecule has 0 unspecified atom stereocenters. The highest BCUT2D eigenvalue weighted by atomic mass is 35.5. The van der Waals surface area contributed by atoms with Crippen LogP contribution in [0.15, 0.2) is 18.2 Å². The van der Waals surface area contributed by atoms with Crippen LogP contribution in [-0.4, -0.2) is 30.9 Å². The zero-order valence-electron chi connectivity index (χ0n) is 9.33. The van der Waals surface area contributed by atoms with Crippen molar-refractivity contribution >= 4 is 23.2 Å². The summed E-state index contributed by atoms with van der Waals surface area (Å²) in [5.41, 5.74) is 0.938. The summed E-state index contributed by atoms with van der Waals surface area (Å²) in [4.78, 5) is 0. The van der Waals surface area contributed by atoms with Gasteiger partial charge in [-0.05, 0) is 30.7 Å². The number of hydrogen-bond donors (Lipinski definition) is 2. The van der Waals surface area contributed by atoms with E-state index >= 15 is 0 Å². The molecule has 3 nitrogen and oxygen atoms in total. The van der Waals surface area contributed by atoms with Crippen molar-refractivity contribution in [2.24, 2.45) is 0 Å². The van der Waals surface area contributed by atoms with Crippen LogP contribution in [0.1, 0.15) is 18.1 Å². The number of aliphatic hydroxyl groups is 1. The molecule has 1 aromatic rings. The first-order valence-corrected chi connectivity index (χ1v) is 6.39. The molecule has 2 rings (SSSR count). The van der Waals surface area contributed by atoms with Crippen LogP contribution in [0.3, 0.4) is 0 Å². The molecular weight excluding hydrogens is 261 g/mol. The fourth-order valence-electron chi connectivity index (χ4n) is 1.97. The van der Waals surface area contributed by atoms with Crippen molar-refractivity contribution in [3.05, 3.63) is 33.8 Å². The summed E-state index contributed by atoms with van der Waals surface area (Å²) in [5.74, 6) is 0. The molecule has 1 fully saturated rings. The molecule has 0 radical (unpaired) electrons. The monoisotopic (exact) mass is 275 g/mol. The van der Waals surface area contributed by atoms with E-state index in [1.54, 1.807) is 12.1 Å². The topological polar surface area (TPSA) is 41.5 Å². The smallest absolute Gasteiger partial charge is 0.100 e. The SMILES string of the molecule is OC[C@H]1NCCCO[C@@H]1c1ccc(Cl)c(Cl)c1. The maximum absolute atomic E-state index is 9.37. The summed E-state index contributed by atoms with van der Waals surface area (Å²) in [6.07, 6.45) is 0.756. The molecule has 0 aliphatic carbocycles. The number of halogens is 2. The average Bonchev–Trinajstić information content (AvgIpc) is 2.57. The van der Waals surface area contributed by atoms with Gasteiger partial charge in [0.2, 0.25) is 0 Å². The van der Waals surface area contributed by atoms with E-state index < -0.39 is 0 Å². The Labute approximate surface area is 111 Å². The molecule has 0 amide bonds. The lowest BCUT2D eigenvalue weighted by Gasteiger charge is -2.24.